The minimum absolute atomic E-state index is 0.0100. The lowest BCUT2D eigenvalue weighted by Crippen LogP contribution is -2.08. The maximum absolute atomic E-state index is 12.9. The maximum Gasteiger partial charge on any atom is 0.306 e. The molecule has 2 aromatic carbocycles. The van der Waals surface area contributed by atoms with Crippen LogP contribution in [0.5, 0.6) is 0 Å². The first kappa shape index (κ1) is 14.9. The van der Waals surface area contributed by atoms with Gasteiger partial charge in [0.15, 0.2) is 5.78 Å². The van der Waals surface area contributed by atoms with Crippen LogP contribution in [0, 0.1) is 5.82 Å². The van der Waals surface area contributed by atoms with Crippen LogP contribution in [0.3, 0.4) is 0 Å². The van der Waals surface area contributed by atoms with Crippen LogP contribution in [0.25, 0.3) is 0 Å². The van der Waals surface area contributed by atoms with Gasteiger partial charge in [-0.25, -0.2) is 4.39 Å². The molecule has 0 heterocycles. The summed E-state index contributed by atoms with van der Waals surface area (Å²) in [7, 11) is 0. The zero-order chi connectivity index (χ0) is 15.1. The van der Waals surface area contributed by atoms with E-state index in [1.807, 2.05) is 6.07 Å². The van der Waals surface area contributed by atoms with Crippen LogP contribution in [0.15, 0.2) is 54.6 Å². The predicted molar refractivity (Wildman–Crippen MR) is 76.2 cm³/mol. The highest BCUT2D eigenvalue weighted by molar-refractivity contribution is 5.97. The molecule has 0 fully saturated rings. The molecule has 2 aromatic rings. The second-order valence-corrected chi connectivity index (χ2v) is 4.58. The summed E-state index contributed by atoms with van der Waals surface area (Å²) in [6, 6.07) is 14.6. The predicted octanol–water partition coefficient (Wildman–Crippen LogP) is 3.53. The first-order valence-electron chi connectivity index (χ1n) is 6.63. The first-order chi connectivity index (χ1) is 10.1. The fraction of sp³-hybridized carbons (Fsp3) is 0.176. The molecule has 0 unspecified atom stereocenters. The van der Waals surface area contributed by atoms with Crippen molar-refractivity contribution in [1.29, 1.82) is 0 Å². The molecule has 0 atom stereocenters. The molecule has 0 aliphatic heterocycles. The number of carbonyl (C=O) groups excluding carboxylic acids is 2. The molecule has 0 saturated carbocycles. The number of Topliss-reactive ketones (excluding diaryl/α,β-unsaturated/α-hetero) is 1. The third-order valence-electron chi connectivity index (χ3n) is 2.94. The Labute approximate surface area is 122 Å². The van der Waals surface area contributed by atoms with Gasteiger partial charge in [0.05, 0.1) is 6.42 Å². The van der Waals surface area contributed by atoms with Gasteiger partial charge in [-0.05, 0) is 17.7 Å². The number of ether oxygens (including phenoxy) is 1. The van der Waals surface area contributed by atoms with Crippen molar-refractivity contribution in [3.05, 3.63) is 71.5 Å². The standard InChI is InChI=1S/C17H15FO3/c18-15-8-4-5-13(11-15)12-21-17(20)10-9-16(19)14-6-2-1-3-7-14/h1-8,11H,9-10,12H2. The highest BCUT2D eigenvalue weighted by Crippen LogP contribution is 2.08. The number of rotatable bonds is 6. The molecule has 108 valence electrons. The van der Waals surface area contributed by atoms with E-state index >= 15 is 0 Å². The summed E-state index contributed by atoms with van der Waals surface area (Å²) in [4.78, 5) is 23.4. The molecule has 2 rings (SSSR count). The van der Waals surface area contributed by atoms with Gasteiger partial charge < -0.3 is 4.74 Å². The topological polar surface area (TPSA) is 43.4 Å². The van der Waals surface area contributed by atoms with E-state index in [1.54, 1.807) is 36.4 Å². The summed E-state index contributed by atoms with van der Waals surface area (Å²) < 4.78 is 18.0. The molecule has 0 aliphatic rings. The Bertz CT molecular complexity index is 623. The Balaban J connectivity index is 1.76. The Kier molecular flexibility index (Phi) is 5.21. The van der Waals surface area contributed by atoms with Crippen molar-refractivity contribution in [1.82, 2.24) is 0 Å². The quantitative estimate of drug-likeness (QED) is 0.602. The third-order valence-corrected chi connectivity index (χ3v) is 2.94. The van der Waals surface area contributed by atoms with Crippen LogP contribution in [0.2, 0.25) is 0 Å². The molecule has 21 heavy (non-hydrogen) atoms. The van der Waals surface area contributed by atoms with Crippen molar-refractivity contribution in [2.24, 2.45) is 0 Å². The lowest BCUT2D eigenvalue weighted by Gasteiger charge is -2.05. The Morgan fingerprint density at radius 3 is 2.43 bits per heavy atom. The van der Waals surface area contributed by atoms with Crippen molar-refractivity contribution in [3.63, 3.8) is 0 Å². The Morgan fingerprint density at radius 2 is 1.71 bits per heavy atom. The largest absolute Gasteiger partial charge is 0.461 e. The lowest BCUT2D eigenvalue weighted by atomic mass is 10.1. The number of halogens is 1. The van der Waals surface area contributed by atoms with E-state index in [2.05, 4.69) is 0 Å². The van der Waals surface area contributed by atoms with Crippen LogP contribution in [-0.2, 0) is 16.1 Å². The normalized spacial score (nSPS) is 10.1. The molecule has 0 N–H and O–H groups in total. The van der Waals surface area contributed by atoms with Gasteiger partial charge in [-0.1, -0.05) is 42.5 Å². The third kappa shape index (κ3) is 4.84. The molecule has 0 bridgehead atoms. The SMILES string of the molecule is O=C(CCC(=O)c1ccccc1)OCc1cccc(F)c1. The van der Waals surface area contributed by atoms with Crippen molar-refractivity contribution in [2.75, 3.05) is 0 Å². The number of hydrogen-bond donors (Lipinski definition) is 0. The van der Waals surface area contributed by atoms with Gasteiger partial charge in [0.25, 0.3) is 0 Å². The van der Waals surface area contributed by atoms with Gasteiger partial charge >= 0.3 is 5.97 Å². The second-order valence-electron chi connectivity index (χ2n) is 4.58. The minimum Gasteiger partial charge on any atom is -0.461 e. The number of ketones is 1. The summed E-state index contributed by atoms with van der Waals surface area (Å²) in [5.74, 6) is -0.940. The van der Waals surface area contributed by atoms with Gasteiger partial charge in [0.2, 0.25) is 0 Å². The van der Waals surface area contributed by atoms with Gasteiger partial charge in [-0.15, -0.1) is 0 Å². The number of hydrogen-bond acceptors (Lipinski definition) is 3. The average Bonchev–Trinajstić information content (AvgIpc) is 2.51. The summed E-state index contributed by atoms with van der Waals surface area (Å²) >= 11 is 0. The smallest absolute Gasteiger partial charge is 0.306 e. The molecule has 3 nitrogen and oxygen atoms in total. The van der Waals surface area contributed by atoms with Gasteiger partial charge in [0, 0.05) is 12.0 Å². The Morgan fingerprint density at radius 1 is 0.952 bits per heavy atom. The zero-order valence-electron chi connectivity index (χ0n) is 11.4. The average molecular weight is 286 g/mol. The van der Waals surface area contributed by atoms with E-state index in [0.717, 1.165) is 0 Å². The number of esters is 1. The van der Waals surface area contributed by atoms with E-state index < -0.39 is 5.97 Å². The molecule has 0 aromatic heterocycles. The Hall–Kier alpha value is -2.49. The van der Waals surface area contributed by atoms with Crippen molar-refractivity contribution >= 4 is 11.8 Å². The lowest BCUT2D eigenvalue weighted by molar-refractivity contribution is -0.144. The molecule has 0 spiro atoms. The van der Waals surface area contributed by atoms with Gasteiger partial charge in [-0.3, -0.25) is 9.59 Å². The fourth-order valence-corrected chi connectivity index (χ4v) is 1.85. The molecule has 0 saturated heterocycles. The summed E-state index contributed by atoms with van der Waals surface area (Å²) in [5, 5.41) is 0. The van der Waals surface area contributed by atoms with Crippen molar-refractivity contribution in [2.45, 2.75) is 19.4 Å². The van der Waals surface area contributed by atoms with Gasteiger partial charge in [-0.2, -0.15) is 0 Å². The summed E-state index contributed by atoms with van der Waals surface area (Å²) in [5.41, 5.74) is 1.16. The molecule has 0 amide bonds. The monoisotopic (exact) mass is 286 g/mol. The molecule has 0 aliphatic carbocycles. The van der Waals surface area contributed by atoms with Crippen LogP contribution >= 0.6 is 0 Å². The highest BCUT2D eigenvalue weighted by atomic mass is 19.1. The molecular formula is C17H15FO3. The number of carbonyl (C=O) groups is 2. The van der Waals surface area contributed by atoms with Crippen LogP contribution in [0.4, 0.5) is 4.39 Å². The van der Waals surface area contributed by atoms with Crippen LogP contribution in [-0.4, -0.2) is 11.8 Å². The fourth-order valence-electron chi connectivity index (χ4n) is 1.85. The van der Waals surface area contributed by atoms with Crippen molar-refractivity contribution in [3.8, 4) is 0 Å². The summed E-state index contributed by atoms with van der Waals surface area (Å²) in [6.07, 6.45) is 0.120. The van der Waals surface area contributed by atoms with E-state index in [-0.39, 0.29) is 31.0 Å². The molecular weight excluding hydrogens is 271 g/mol. The van der Waals surface area contributed by atoms with Gasteiger partial charge in [0.1, 0.15) is 12.4 Å². The van der Waals surface area contributed by atoms with Crippen LogP contribution in [0.1, 0.15) is 28.8 Å². The highest BCUT2D eigenvalue weighted by Gasteiger charge is 2.10. The van der Waals surface area contributed by atoms with E-state index in [4.69, 9.17) is 4.74 Å². The maximum atomic E-state index is 12.9. The molecule has 4 heteroatoms. The second kappa shape index (κ2) is 7.33. The van der Waals surface area contributed by atoms with E-state index in [9.17, 15) is 14.0 Å². The zero-order valence-corrected chi connectivity index (χ0v) is 11.4. The minimum atomic E-state index is -0.469. The molecule has 0 radical (unpaired) electrons. The first-order valence-corrected chi connectivity index (χ1v) is 6.63. The summed E-state index contributed by atoms with van der Waals surface area (Å²) in [6.45, 7) is 0.0100. The van der Waals surface area contributed by atoms with E-state index in [0.29, 0.717) is 11.1 Å². The number of benzene rings is 2. The van der Waals surface area contributed by atoms with E-state index in [1.165, 1.54) is 12.1 Å². The van der Waals surface area contributed by atoms with Crippen molar-refractivity contribution < 1.29 is 18.7 Å². The van der Waals surface area contributed by atoms with Crippen LogP contribution < -0.4 is 0 Å².